The maximum absolute atomic E-state index is 13.7. The number of aromatic amines is 1. The minimum absolute atomic E-state index is 0.0793. The van der Waals surface area contributed by atoms with Crippen molar-refractivity contribution in [3.05, 3.63) is 55.2 Å². The van der Waals surface area contributed by atoms with Crippen LogP contribution in [0.4, 0.5) is 4.39 Å². The Morgan fingerprint density at radius 3 is 2.80 bits per heavy atom. The van der Waals surface area contributed by atoms with Crippen molar-refractivity contribution in [1.29, 1.82) is 0 Å². The molecule has 1 aromatic carbocycles. The maximum Gasteiger partial charge on any atom is 0.344 e. The topological polar surface area (TPSA) is 108 Å². The van der Waals surface area contributed by atoms with Gasteiger partial charge in [-0.3, -0.25) is 14.3 Å². The lowest BCUT2D eigenvalue weighted by Gasteiger charge is -2.08. The van der Waals surface area contributed by atoms with E-state index >= 15 is 0 Å². The SMILES string of the molecule is CCCCn1c(=O)[nH]c(=O)c2c1nc(COC(=O)COc1ccc(Br)cc1F)n2C. The van der Waals surface area contributed by atoms with Crippen molar-refractivity contribution in [1.82, 2.24) is 19.1 Å². The molecule has 0 amide bonds. The minimum Gasteiger partial charge on any atom is -0.479 e. The monoisotopic (exact) mass is 482 g/mol. The average molecular weight is 483 g/mol. The second-order valence-electron chi connectivity index (χ2n) is 6.55. The highest BCUT2D eigenvalue weighted by Gasteiger charge is 2.17. The van der Waals surface area contributed by atoms with Crippen LogP contribution in [0, 0.1) is 5.82 Å². The van der Waals surface area contributed by atoms with Gasteiger partial charge in [0, 0.05) is 18.1 Å². The number of ether oxygens (including phenoxy) is 2. The van der Waals surface area contributed by atoms with Crippen molar-refractivity contribution in [2.75, 3.05) is 6.61 Å². The number of fused-ring (bicyclic) bond motifs is 1. The molecule has 0 saturated heterocycles. The van der Waals surface area contributed by atoms with Gasteiger partial charge in [0.2, 0.25) is 0 Å². The van der Waals surface area contributed by atoms with E-state index in [2.05, 4.69) is 25.9 Å². The van der Waals surface area contributed by atoms with Crippen LogP contribution >= 0.6 is 15.9 Å². The molecule has 0 aliphatic carbocycles. The number of rotatable bonds is 8. The summed E-state index contributed by atoms with van der Waals surface area (Å²) >= 11 is 3.13. The van der Waals surface area contributed by atoms with Gasteiger partial charge in [-0.2, -0.15) is 0 Å². The predicted octanol–water partition coefficient (Wildman–Crippen LogP) is 2.25. The molecule has 2 heterocycles. The van der Waals surface area contributed by atoms with Crippen molar-refractivity contribution in [2.45, 2.75) is 32.9 Å². The fraction of sp³-hybridized carbons (Fsp3) is 0.368. The summed E-state index contributed by atoms with van der Waals surface area (Å²) < 4.78 is 27.4. The first kappa shape index (κ1) is 21.8. The summed E-state index contributed by atoms with van der Waals surface area (Å²) in [6.45, 7) is 1.66. The van der Waals surface area contributed by atoms with E-state index in [1.165, 1.54) is 21.3 Å². The van der Waals surface area contributed by atoms with Gasteiger partial charge in [-0.15, -0.1) is 0 Å². The number of carbonyl (C=O) groups excluding carboxylic acids is 1. The van der Waals surface area contributed by atoms with Crippen LogP contribution in [0.3, 0.4) is 0 Å². The van der Waals surface area contributed by atoms with E-state index < -0.39 is 29.6 Å². The lowest BCUT2D eigenvalue weighted by molar-refractivity contribution is -0.147. The molecule has 9 nitrogen and oxygen atoms in total. The smallest absolute Gasteiger partial charge is 0.344 e. The molecule has 0 fully saturated rings. The summed E-state index contributed by atoms with van der Waals surface area (Å²) in [6.07, 6.45) is 1.61. The zero-order chi connectivity index (χ0) is 21.8. The molecule has 3 aromatic rings. The number of nitrogens with zero attached hydrogens (tertiary/aromatic N) is 3. The third kappa shape index (κ3) is 4.61. The molecule has 0 aliphatic rings. The number of H-pyrrole nitrogens is 1. The molecule has 0 unspecified atom stereocenters. The number of imidazole rings is 1. The van der Waals surface area contributed by atoms with E-state index in [0.717, 1.165) is 12.8 Å². The first-order valence-electron chi connectivity index (χ1n) is 9.23. The van der Waals surface area contributed by atoms with Crippen molar-refractivity contribution in [3.63, 3.8) is 0 Å². The molecule has 160 valence electrons. The standard InChI is InChI=1S/C19H20BrFN4O5/c1-3-4-7-25-17-16(18(27)23-19(25)28)24(2)14(22-17)9-30-15(26)10-29-13-6-5-11(20)8-12(13)21/h5-6,8H,3-4,7,9-10H2,1-2H3,(H,23,27,28). The van der Waals surface area contributed by atoms with Crippen LogP contribution in [0.15, 0.2) is 32.3 Å². The number of hydrogen-bond acceptors (Lipinski definition) is 6. The van der Waals surface area contributed by atoms with Gasteiger partial charge in [0.25, 0.3) is 5.56 Å². The number of aryl methyl sites for hydroxylation is 2. The molecule has 3 rings (SSSR count). The third-order valence-corrected chi connectivity index (χ3v) is 4.94. The average Bonchev–Trinajstić information content (AvgIpc) is 3.02. The Labute approximate surface area is 178 Å². The Balaban J connectivity index is 1.73. The normalized spacial score (nSPS) is 11.1. The fourth-order valence-electron chi connectivity index (χ4n) is 2.86. The summed E-state index contributed by atoms with van der Waals surface area (Å²) in [5.41, 5.74) is -0.652. The largest absolute Gasteiger partial charge is 0.479 e. The predicted molar refractivity (Wildman–Crippen MR) is 110 cm³/mol. The first-order valence-corrected chi connectivity index (χ1v) is 10.0. The Bertz CT molecular complexity index is 1200. The van der Waals surface area contributed by atoms with E-state index in [0.29, 0.717) is 11.0 Å². The van der Waals surface area contributed by atoms with Gasteiger partial charge in [-0.05, 0) is 24.6 Å². The van der Waals surface area contributed by atoms with Crippen molar-refractivity contribution in [3.8, 4) is 5.75 Å². The van der Waals surface area contributed by atoms with Gasteiger partial charge in [-0.1, -0.05) is 29.3 Å². The molecule has 11 heteroatoms. The Kier molecular flexibility index (Phi) is 6.70. The highest BCUT2D eigenvalue weighted by Crippen LogP contribution is 2.21. The first-order chi connectivity index (χ1) is 14.3. The van der Waals surface area contributed by atoms with Gasteiger partial charge in [0.1, 0.15) is 12.4 Å². The van der Waals surface area contributed by atoms with E-state index in [1.54, 1.807) is 13.1 Å². The van der Waals surface area contributed by atoms with Gasteiger partial charge in [0.05, 0.1) is 0 Å². The zero-order valence-electron chi connectivity index (χ0n) is 16.4. The van der Waals surface area contributed by atoms with Crippen LogP contribution in [0.5, 0.6) is 5.75 Å². The molecule has 0 atom stereocenters. The summed E-state index contributed by atoms with van der Waals surface area (Å²) in [7, 11) is 1.59. The molecule has 0 saturated carbocycles. The molecule has 2 aromatic heterocycles. The Morgan fingerprint density at radius 2 is 2.10 bits per heavy atom. The lowest BCUT2D eigenvalue weighted by Crippen LogP contribution is -2.31. The lowest BCUT2D eigenvalue weighted by atomic mass is 10.3. The van der Waals surface area contributed by atoms with E-state index in [1.807, 2.05) is 6.92 Å². The number of hydrogen-bond donors (Lipinski definition) is 1. The summed E-state index contributed by atoms with van der Waals surface area (Å²) in [5, 5.41) is 0. The molecular weight excluding hydrogens is 463 g/mol. The van der Waals surface area contributed by atoms with E-state index in [9.17, 15) is 18.8 Å². The third-order valence-electron chi connectivity index (χ3n) is 4.44. The highest BCUT2D eigenvalue weighted by molar-refractivity contribution is 9.10. The number of benzene rings is 1. The molecule has 0 radical (unpaired) electrons. The molecule has 1 N–H and O–H groups in total. The summed E-state index contributed by atoms with van der Waals surface area (Å²) in [5.74, 6) is -1.14. The van der Waals surface area contributed by atoms with Gasteiger partial charge < -0.3 is 14.0 Å². The Hall–Kier alpha value is -2.95. The Morgan fingerprint density at radius 1 is 1.33 bits per heavy atom. The van der Waals surface area contributed by atoms with Gasteiger partial charge >= 0.3 is 11.7 Å². The quantitative estimate of drug-likeness (QED) is 0.493. The molecule has 0 aliphatic heterocycles. The van der Waals surface area contributed by atoms with Gasteiger partial charge in [0.15, 0.2) is 29.3 Å². The minimum atomic E-state index is -0.735. The number of nitrogens with one attached hydrogen (secondary N) is 1. The van der Waals surface area contributed by atoms with Gasteiger partial charge in [-0.25, -0.2) is 19.0 Å². The van der Waals surface area contributed by atoms with Crippen LogP contribution in [0.1, 0.15) is 25.6 Å². The number of unbranched alkanes of at least 4 members (excludes halogenated alkanes) is 1. The van der Waals surface area contributed by atoms with Crippen LogP contribution < -0.4 is 16.0 Å². The van der Waals surface area contributed by atoms with Crippen molar-refractivity contribution in [2.24, 2.45) is 7.05 Å². The number of halogens is 2. The number of aromatic nitrogens is 4. The zero-order valence-corrected chi connectivity index (χ0v) is 18.0. The van der Waals surface area contributed by atoms with Crippen LogP contribution in [-0.4, -0.2) is 31.7 Å². The maximum atomic E-state index is 13.7. The summed E-state index contributed by atoms with van der Waals surface area (Å²) in [6, 6.07) is 4.19. The second kappa shape index (κ2) is 9.24. The van der Waals surface area contributed by atoms with Crippen LogP contribution in [0.25, 0.3) is 11.2 Å². The van der Waals surface area contributed by atoms with Crippen LogP contribution in [-0.2, 0) is 29.7 Å². The summed E-state index contributed by atoms with van der Waals surface area (Å²) in [4.78, 5) is 42.9. The molecule has 0 bridgehead atoms. The highest BCUT2D eigenvalue weighted by atomic mass is 79.9. The molecule has 0 spiro atoms. The van der Waals surface area contributed by atoms with E-state index in [4.69, 9.17) is 9.47 Å². The van der Waals surface area contributed by atoms with Crippen LogP contribution in [0.2, 0.25) is 0 Å². The fourth-order valence-corrected chi connectivity index (χ4v) is 3.19. The number of carbonyl (C=O) groups is 1. The molecule has 30 heavy (non-hydrogen) atoms. The second-order valence-corrected chi connectivity index (χ2v) is 7.46. The van der Waals surface area contributed by atoms with E-state index in [-0.39, 0.29) is 29.3 Å². The van der Waals surface area contributed by atoms with Crippen molar-refractivity contribution < 1.29 is 18.7 Å². The number of esters is 1. The molecular formula is C19H20BrFN4O5. The van der Waals surface area contributed by atoms with Crippen molar-refractivity contribution >= 4 is 33.1 Å².